The molecule has 0 aliphatic heterocycles. The first kappa shape index (κ1) is 25.2. The molecule has 0 spiro atoms. The highest BCUT2D eigenvalue weighted by Crippen LogP contribution is 2.37. The predicted octanol–water partition coefficient (Wildman–Crippen LogP) is 5.36. The van der Waals surface area contributed by atoms with Gasteiger partial charge < -0.3 is 25.4 Å². The van der Waals surface area contributed by atoms with Crippen molar-refractivity contribution in [2.75, 3.05) is 30.2 Å². The van der Waals surface area contributed by atoms with Crippen molar-refractivity contribution in [2.45, 2.75) is 13.8 Å². The molecule has 0 fully saturated rings. The van der Waals surface area contributed by atoms with E-state index in [1.165, 1.54) is 14.2 Å². The van der Waals surface area contributed by atoms with E-state index in [-0.39, 0.29) is 11.8 Å². The Labute approximate surface area is 214 Å². The maximum atomic E-state index is 13.0. The van der Waals surface area contributed by atoms with Gasteiger partial charge in [-0.1, -0.05) is 18.2 Å². The number of aromatic nitrogens is 2. The lowest BCUT2D eigenvalue weighted by Crippen LogP contribution is -2.15. The SMILES string of the molecule is COc1cc(NC(=O)c2ccc(Nc3nc(C)cc(C)n3)cc2)c(OC)cc1NC(=O)c1ccccc1. The zero-order valence-electron chi connectivity index (χ0n) is 21.0. The van der Waals surface area contributed by atoms with Gasteiger partial charge in [0.15, 0.2) is 0 Å². The number of aryl methyl sites for hydroxylation is 2. The average molecular weight is 498 g/mol. The number of nitrogens with one attached hydrogen (secondary N) is 3. The minimum Gasteiger partial charge on any atom is -0.494 e. The van der Waals surface area contributed by atoms with E-state index >= 15 is 0 Å². The Balaban J connectivity index is 1.49. The Kier molecular flexibility index (Phi) is 7.63. The van der Waals surface area contributed by atoms with Crippen LogP contribution in [0.1, 0.15) is 32.1 Å². The van der Waals surface area contributed by atoms with E-state index < -0.39 is 0 Å². The number of rotatable bonds is 8. The number of hydrogen-bond donors (Lipinski definition) is 3. The van der Waals surface area contributed by atoms with Crippen LogP contribution in [0.2, 0.25) is 0 Å². The van der Waals surface area contributed by atoms with Crippen LogP contribution in [0, 0.1) is 13.8 Å². The largest absolute Gasteiger partial charge is 0.494 e. The molecule has 1 aromatic heterocycles. The van der Waals surface area contributed by atoms with Crippen LogP contribution in [0.25, 0.3) is 0 Å². The molecule has 1 heterocycles. The lowest BCUT2D eigenvalue weighted by atomic mass is 10.1. The summed E-state index contributed by atoms with van der Waals surface area (Å²) in [4.78, 5) is 34.3. The van der Waals surface area contributed by atoms with Gasteiger partial charge in [0.05, 0.1) is 25.6 Å². The van der Waals surface area contributed by atoms with Crippen molar-refractivity contribution in [2.24, 2.45) is 0 Å². The Hall–Kier alpha value is -4.92. The molecule has 3 N–H and O–H groups in total. The fourth-order valence-corrected chi connectivity index (χ4v) is 3.69. The Bertz CT molecular complexity index is 1400. The molecule has 9 heteroatoms. The number of carbonyl (C=O) groups excluding carboxylic acids is 2. The van der Waals surface area contributed by atoms with Gasteiger partial charge in [-0.3, -0.25) is 9.59 Å². The summed E-state index contributed by atoms with van der Waals surface area (Å²) in [6.45, 7) is 3.81. The number of hydrogen-bond acceptors (Lipinski definition) is 7. The van der Waals surface area contributed by atoms with Gasteiger partial charge in [-0.05, 0) is 56.3 Å². The van der Waals surface area contributed by atoms with Gasteiger partial charge in [0.25, 0.3) is 11.8 Å². The summed E-state index contributed by atoms with van der Waals surface area (Å²) in [6.07, 6.45) is 0. The third-order valence-electron chi connectivity index (χ3n) is 5.44. The van der Waals surface area contributed by atoms with Crippen molar-refractivity contribution in [3.63, 3.8) is 0 Å². The maximum Gasteiger partial charge on any atom is 0.255 e. The number of ether oxygens (including phenoxy) is 2. The van der Waals surface area contributed by atoms with E-state index in [1.807, 2.05) is 26.0 Å². The first-order valence-corrected chi connectivity index (χ1v) is 11.5. The van der Waals surface area contributed by atoms with E-state index in [2.05, 4.69) is 25.9 Å². The molecule has 2 amide bonds. The molecule has 0 bridgehead atoms. The second kappa shape index (κ2) is 11.2. The highest BCUT2D eigenvalue weighted by atomic mass is 16.5. The van der Waals surface area contributed by atoms with Crippen LogP contribution in [-0.2, 0) is 0 Å². The van der Waals surface area contributed by atoms with Crippen LogP contribution in [0.5, 0.6) is 11.5 Å². The van der Waals surface area contributed by atoms with Crippen LogP contribution >= 0.6 is 0 Å². The standard InChI is InChI=1S/C28H27N5O4/c1-17-14-18(2)30-28(29-17)31-21-12-10-20(11-13-21)27(35)33-23-16-24(36-3)22(15-25(23)37-4)32-26(34)19-8-6-5-7-9-19/h5-16H,1-4H3,(H,32,34)(H,33,35)(H,29,30,31). The zero-order chi connectivity index (χ0) is 26.4. The molecule has 0 radical (unpaired) electrons. The second-order valence-corrected chi connectivity index (χ2v) is 8.20. The van der Waals surface area contributed by atoms with E-state index in [0.29, 0.717) is 39.9 Å². The lowest BCUT2D eigenvalue weighted by molar-refractivity contribution is 0.101. The van der Waals surface area contributed by atoms with Gasteiger partial charge in [-0.25, -0.2) is 9.97 Å². The number of amides is 2. The fourth-order valence-electron chi connectivity index (χ4n) is 3.69. The summed E-state index contributed by atoms with van der Waals surface area (Å²) < 4.78 is 10.9. The predicted molar refractivity (Wildman–Crippen MR) is 143 cm³/mol. The summed E-state index contributed by atoms with van der Waals surface area (Å²) in [5, 5.41) is 8.81. The van der Waals surface area contributed by atoms with E-state index in [9.17, 15) is 9.59 Å². The normalized spacial score (nSPS) is 10.4. The lowest BCUT2D eigenvalue weighted by Gasteiger charge is -2.16. The summed E-state index contributed by atoms with van der Waals surface area (Å²) in [7, 11) is 2.96. The minimum absolute atomic E-state index is 0.294. The molecule has 0 atom stereocenters. The molecule has 0 saturated heterocycles. The van der Waals surface area contributed by atoms with Crippen molar-refractivity contribution >= 4 is 34.8 Å². The smallest absolute Gasteiger partial charge is 0.255 e. The molecule has 37 heavy (non-hydrogen) atoms. The van der Waals surface area contributed by atoms with Crippen molar-refractivity contribution in [1.29, 1.82) is 0 Å². The molecule has 4 rings (SSSR count). The Morgan fingerprint density at radius 2 is 1.16 bits per heavy atom. The number of benzene rings is 3. The third kappa shape index (κ3) is 6.21. The summed E-state index contributed by atoms with van der Waals surface area (Å²) in [6, 6.07) is 20.9. The molecule has 0 saturated carbocycles. The molecular formula is C28H27N5O4. The summed E-state index contributed by atoms with van der Waals surface area (Å²) in [5.74, 6) is 0.593. The van der Waals surface area contributed by atoms with Crippen LogP contribution in [0.15, 0.2) is 72.8 Å². The van der Waals surface area contributed by atoms with E-state index in [4.69, 9.17) is 9.47 Å². The highest BCUT2D eigenvalue weighted by Gasteiger charge is 2.17. The Morgan fingerprint density at radius 1 is 0.676 bits per heavy atom. The van der Waals surface area contributed by atoms with E-state index in [1.54, 1.807) is 60.7 Å². The molecule has 0 aliphatic rings. The Morgan fingerprint density at radius 3 is 1.65 bits per heavy atom. The number of nitrogens with zero attached hydrogens (tertiary/aromatic N) is 2. The van der Waals surface area contributed by atoms with Gasteiger partial charge >= 0.3 is 0 Å². The first-order valence-electron chi connectivity index (χ1n) is 11.5. The van der Waals surface area contributed by atoms with Crippen molar-refractivity contribution < 1.29 is 19.1 Å². The number of methoxy groups -OCH3 is 2. The highest BCUT2D eigenvalue weighted by molar-refractivity contribution is 6.07. The number of anilines is 4. The molecular weight excluding hydrogens is 470 g/mol. The first-order chi connectivity index (χ1) is 17.9. The van der Waals surface area contributed by atoms with Crippen LogP contribution < -0.4 is 25.4 Å². The van der Waals surface area contributed by atoms with Crippen LogP contribution in [0.3, 0.4) is 0 Å². The zero-order valence-corrected chi connectivity index (χ0v) is 21.0. The molecule has 9 nitrogen and oxygen atoms in total. The topological polar surface area (TPSA) is 114 Å². The molecule has 0 aliphatic carbocycles. The molecule has 4 aromatic rings. The van der Waals surface area contributed by atoms with Crippen LogP contribution in [0.4, 0.5) is 23.0 Å². The van der Waals surface area contributed by atoms with Crippen molar-refractivity contribution in [1.82, 2.24) is 9.97 Å². The van der Waals surface area contributed by atoms with E-state index in [0.717, 1.165) is 17.1 Å². The summed E-state index contributed by atoms with van der Waals surface area (Å²) >= 11 is 0. The monoisotopic (exact) mass is 497 g/mol. The minimum atomic E-state index is -0.337. The maximum absolute atomic E-state index is 13.0. The van der Waals surface area contributed by atoms with Gasteiger partial charge in [0, 0.05) is 40.3 Å². The second-order valence-electron chi connectivity index (χ2n) is 8.20. The number of carbonyl (C=O) groups is 2. The van der Waals surface area contributed by atoms with Gasteiger partial charge in [0.2, 0.25) is 5.95 Å². The van der Waals surface area contributed by atoms with Gasteiger partial charge in [-0.2, -0.15) is 0 Å². The van der Waals surface area contributed by atoms with Gasteiger partial charge in [-0.15, -0.1) is 0 Å². The average Bonchev–Trinajstić information content (AvgIpc) is 2.89. The third-order valence-corrected chi connectivity index (χ3v) is 5.44. The van der Waals surface area contributed by atoms with Crippen molar-refractivity contribution in [3.05, 3.63) is 95.3 Å². The summed E-state index contributed by atoms with van der Waals surface area (Å²) in [5.41, 5.74) is 4.22. The molecule has 3 aromatic carbocycles. The molecule has 0 unspecified atom stereocenters. The fraction of sp³-hybridized carbons (Fsp3) is 0.143. The van der Waals surface area contributed by atoms with Gasteiger partial charge in [0.1, 0.15) is 11.5 Å². The van der Waals surface area contributed by atoms with Crippen molar-refractivity contribution in [3.8, 4) is 11.5 Å². The van der Waals surface area contributed by atoms with Crippen LogP contribution in [-0.4, -0.2) is 36.0 Å². The molecule has 188 valence electrons. The quantitative estimate of drug-likeness (QED) is 0.300.